The van der Waals surface area contributed by atoms with Gasteiger partial charge < -0.3 is 14.6 Å². The standard InChI is InChI=1S/C22H16F3N3O8S/c1-35-13-4-5-16-14(8-13)22(30)26(10-11-7-12(28(31)32)3-6-17(11)29)27(16)37(33,34)18-9-15(23)21(36-2)20(25)19(18)24/h3-9,29H,10H2,1-2H3. The van der Waals surface area contributed by atoms with Crippen molar-refractivity contribution in [1.29, 1.82) is 0 Å². The second-order valence-electron chi connectivity index (χ2n) is 7.58. The molecule has 0 unspecified atom stereocenters. The van der Waals surface area contributed by atoms with E-state index in [1.54, 1.807) is 0 Å². The summed E-state index contributed by atoms with van der Waals surface area (Å²) in [6.45, 7) is -0.759. The largest absolute Gasteiger partial charge is 0.508 e. The number of phenols is 1. The molecule has 11 nitrogen and oxygen atoms in total. The van der Waals surface area contributed by atoms with Crippen molar-refractivity contribution in [1.82, 2.24) is 8.77 Å². The Labute approximate surface area is 205 Å². The molecule has 1 heterocycles. The van der Waals surface area contributed by atoms with Gasteiger partial charge in [-0.1, -0.05) is 0 Å². The van der Waals surface area contributed by atoms with E-state index in [2.05, 4.69) is 4.74 Å². The quantitative estimate of drug-likeness (QED) is 0.214. The Bertz CT molecular complexity index is 1750. The van der Waals surface area contributed by atoms with Gasteiger partial charge in [-0.15, -0.1) is 0 Å². The lowest BCUT2D eigenvalue weighted by Gasteiger charge is -2.16. The van der Waals surface area contributed by atoms with Crippen LogP contribution in [0, 0.1) is 27.6 Å². The van der Waals surface area contributed by atoms with Gasteiger partial charge in [-0.3, -0.25) is 14.9 Å². The minimum Gasteiger partial charge on any atom is -0.508 e. The van der Waals surface area contributed by atoms with Crippen LogP contribution in [-0.4, -0.2) is 41.4 Å². The topological polar surface area (TPSA) is 143 Å². The highest BCUT2D eigenvalue weighted by Gasteiger charge is 2.33. The second kappa shape index (κ2) is 9.16. The zero-order valence-corrected chi connectivity index (χ0v) is 19.8. The molecule has 0 saturated heterocycles. The number of methoxy groups -OCH3 is 2. The Hall–Kier alpha value is -4.53. The summed E-state index contributed by atoms with van der Waals surface area (Å²) in [6.07, 6.45) is 0. The molecule has 4 rings (SSSR count). The first-order valence-corrected chi connectivity index (χ1v) is 11.6. The number of ether oxygens (including phenoxy) is 2. The monoisotopic (exact) mass is 539 g/mol. The van der Waals surface area contributed by atoms with E-state index < -0.39 is 66.6 Å². The number of non-ortho nitro benzene ring substituents is 1. The summed E-state index contributed by atoms with van der Waals surface area (Å²) in [5, 5.41) is 21.2. The summed E-state index contributed by atoms with van der Waals surface area (Å²) in [6, 6.07) is 6.67. The zero-order chi connectivity index (χ0) is 27.2. The van der Waals surface area contributed by atoms with Crippen LogP contribution in [0.25, 0.3) is 10.9 Å². The van der Waals surface area contributed by atoms with Crippen molar-refractivity contribution in [3.05, 3.63) is 85.9 Å². The van der Waals surface area contributed by atoms with Crippen LogP contribution < -0.4 is 15.0 Å². The highest BCUT2D eigenvalue weighted by Crippen LogP contribution is 2.32. The van der Waals surface area contributed by atoms with E-state index in [0.29, 0.717) is 8.77 Å². The SMILES string of the molecule is COc1ccc2c(c1)c(=O)n(Cc1cc([N+](=O)[O-])ccc1O)n2S(=O)(=O)c1cc(F)c(OC)c(F)c1F. The van der Waals surface area contributed by atoms with Crippen LogP contribution in [0.4, 0.5) is 18.9 Å². The highest BCUT2D eigenvalue weighted by atomic mass is 32.2. The summed E-state index contributed by atoms with van der Waals surface area (Å²) >= 11 is 0. The summed E-state index contributed by atoms with van der Waals surface area (Å²) in [5.41, 5.74) is -2.03. The molecule has 0 amide bonds. The van der Waals surface area contributed by atoms with E-state index in [1.807, 2.05) is 0 Å². The van der Waals surface area contributed by atoms with Gasteiger partial charge in [-0.2, -0.15) is 16.9 Å². The number of hydrogen-bond acceptors (Lipinski definition) is 8. The molecule has 0 aliphatic carbocycles. The molecular formula is C22H16F3N3O8S. The third-order valence-electron chi connectivity index (χ3n) is 5.48. The third-order valence-corrected chi connectivity index (χ3v) is 7.18. The van der Waals surface area contributed by atoms with Crippen molar-refractivity contribution in [2.75, 3.05) is 14.2 Å². The maximum atomic E-state index is 14.9. The van der Waals surface area contributed by atoms with E-state index in [9.17, 15) is 41.6 Å². The first-order valence-electron chi connectivity index (χ1n) is 10.1. The fourth-order valence-corrected chi connectivity index (χ4v) is 5.29. The Balaban J connectivity index is 2.06. The van der Waals surface area contributed by atoms with E-state index in [-0.39, 0.29) is 28.3 Å². The number of aromatic hydroxyl groups is 1. The fraction of sp³-hybridized carbons (Fsp3) is 0.136. The zero-order valence-electron chi connectivity index (χ0n) is 18.9. The predicted octanol–water partition coefficient (Wildman–Crippen LogP) is 3.14. The molecule has 15 heteroatoms. The van der Waals surface area contributed by atoms with Crippen molar-refractivity contribution < 1.29 is 41.1 Å². The smallest absolute Gasteiger partial charge is 0.285 e. The van der Waals surface area contributed by atoms with Gasteiger partial charge in [0.05, 0.1) is 36.6 Å². The Morgan fingerprint density at radius 2 is 1.73 bits per heavy atom. The van der Waals surface area contributed by atoms with Gasteiger partial charge in [0.15, 0.2) is 17.4 Å². The summed E-state index contributed by atoms with van der Waals surface area (Å²) in [7, 11) is -3.11. The number of fused-ring (bicyclic) bond motifs is 1. The van der Waals surface area contributed by atoms with Gasteiger partial charge in [0.2, 0.25) is 5.82 Å². The molecule has 37 heavy (non-hydrogen) atoms. The average Bonchev–Trinajstić information content (AvgIpc) is 3.14. The molecule has 0 aliphatic heterocycles. The number of nitro groups is 1. The van der Waals surface area contributed by atoms with Crippen LogP contribution in [0.2, 0.25) is 0 Å². The maximum Gasteiger partial charge on any atom is 0.285 e. The molecule has 0 fully saturated rings. The van der Waals surface area contributed by atoms with Crippen LogP contribution in [0.3, 0.4) is 0 Å². The van der Waals surface area contributed by atoms with Crippen LogP contribution >= 0.6 is 0 Å². The number of nitro benzene ring substituents is 1. The molecule has 3 aromatic carbocycles. The van der Waals surface area contributed by atoms with Gasteiger partial charge in [0.1, 0.15) is 16.4 Å². The lowest BCUT2D eigenvalue weighted by Crippen LogP contribution is -2.29. The van der Waals surface area contributed by atoms with Crippen molar-refractivity contribution >= 4 is 26.6 Å². The van der Waals surface area contributed by atoms with Gasteiger partial charge in [-0.25, -0.2) is 13.5 Å². The van der Waals surface area contributed by atoms with Crippen LogP contribution in [-0.2, 0) is 16.6 Å². The average molecular weight is 539 g/mol. The molecule has 0 aliphatic rings. The molecule has 1 N–H and O–H groups in total. The Morgan fingerprint density at radius 3 is 2.35 bits per heavy atom. The predicted molar refractivity (Wildman–Crippen MR) is 122 cm³/mol. The summed E-state index contributed by atoms with van der Waals surface area (Å²) in [5.74, 6) is -6.93. The molecular weight excluding hydrogens is 523 g/mol. The maximum absolute atomic E-state index is 14.9. The molecule has 0 saturated carbocycles. The third kappa shape index (κ3) is 4.12. The van der Waals surface area contributed by atoms with Gasteiger partial charge in [0.25, 0.3) is 21.3 Å². The molecule has 0 atom stereocenters. The molecule has 0 radical (unpaired) electrons. The van der Waals surface area contributed by atoms with E-state index in [1.165, 1.54) is 19.2 Å². The van der Waals surface area contributed by atoms with E-state index in [0.717, 1.165) is 31.4 Å². The molecule has 1 aromatic heterocycles. The summed E-state index contributed by atoms with van der Waals surface area (Å²) < 4.78 is 81.2. The number of halogens is 3. The Morgan fingerprint density at radius 1 is 1.03 bits per heavy atom. The van der Waals surface area contributed by atoms with Crippen LogP contribution in [0.15, 0.2) is 52.2 Å². The number of benzene rings is 3. The minimum atomic E-state index is -5.24. The highest BCUT2D eigenvalue weighted by molar-refractivity contribution is 7.90. The van der Waals surface area contributed by atoms with Crippen molar-refractivity contribution in [3.63, 3.8) is 0 Å². The van der Waals surface area contributed by atoms with Gasteiger partial charge in [-0.05, 0) is 24.3 Å². The van der Waals surface area contributed by atoms with Crippen molar-refractivity contribution in [3.8, 4) is 17.2 Å². The number of aromatic nitrogens is 2. The van der Waals surface area contributed by atoms with Gasteiger partial charge in [0, 0.05) is 23.8 Å². The normalized spacial score (nSPS) is 11.6. The minimum absolute atomic E-state index is 0.150. The van der Waals surface area contributed by atoms with Crippen LogP contribution in [0.5, 0.6) is 17.2 Å². The van der Waals surface area contributed by atoms with Gasteiger partial charge >= 0.3 is 0 Å². The van der Waals surface area contributed by atoms with Crippen molar-refractivity contribution in [2.24, 2.45) is 0 Å². The lowest BCUT2D eigenvalue weighted by molar-refractivity contribution is -0.384. The lowest BCUT2D eigenvalue weighted by atomic mass is 10.2. The first kappa shape index (κ1) is 25.6. The Kier molecular flexibility index (Phi) is 6.33. The molecule has 194 valence electrons. The molecule has 4 aromatic rings. The summed E-state index contributed by atoms with van der Waals surface area (Å²) in [4.78, 5) is 22.2. The van der Waals surface area contributed by atoms with Crippen molar-refractivity contribution in [2.45, 2.75) is 11.4 Å². The number of hydrogen-bond donors (Lipinski definition) is 1. The van der Waals surface area contributed by atoms with Crippen LogP contribution in [0.1, 0.15) is 5.56 Å². The first-order chi connectivity index (χ1) is 17.4. The van der Waals surface area contributed by atoms with E-state index >= 15 is 0 Å². The molecule has 0 spiro atoms. The fourth-order valence-electron chi connectivity index (χ4n) is 3.73. The number of nitrogens with zero attached hydrogens (tertiary/aromatic N) is 3. The molecule has 0 bridgehead atoms. The number of rotatable bonds is 7. The number of phenolic OH excluding ortho intramolecular Hbond substituents is 1. The second-order valence-corrected chi connectivity index (χ2v) is 9.32. The van der Waals surface area contributed by atoms with E-state index in [4.69, 9.17) is 4.74 Å².